The molecule has 0 fully saturated rings. The lowest BCUT2D eigenvalue weighted by Crippen LogP contribution is -2.29. The zero-order valence-corrected chi connectivity index (χ0v) is 13.0. The molecule has 22 heavy (non-hydrogen) atoms. The van der Waals surface area contributed by atoms with Crippen LogP contribution in [0.1, 0.15) is 17.4 Å². The minimum Gasteiger partial charge on any atom is -0.461 e. The highest BCUT2D eigenvalue weighted by Crippen LogP contribution is 2.25. The first-order chi connectivity index (χ1) is 10.6. The average molecular weight is 306 g/mol. The topological polar surface area (TPSA) is 74.9 Å². The molecule has 6 heteroatoms. The van der Waals surface area contributed by atoms with Crippen molar-refractivity contribution in [1.29, 1.82) is 0 Å². The Morgan fingerprint density at radius 3 is 2.50 bits per heavy atom. The van der Waals surface area contributed by atoms with Gasteiger partial charge in [0.25, 0.3) is 0 Å². The summed E-state index contributed by atoms with van der Waals surface area (Å²) in [5.41, 5.74) is 2.33. The van der Waals surface area contributed by atoms with E-state index < -0.39 is 0 Å². The molecule has 6 nitrogen and oxygen atoms in total. The van der Waals surface area contributed by atoms with Crippen molar-refractivity contribution in [3.05, 3.63) is 30.0 Å². The number of esters is 1. The first kappa shape index (κ1) is 16.3. The van der Waals surface area contributed by atoms with Gasteiger partial charge in [-0.3, -0.25) is 0 Å². The number of nitrogens with zero attached hydrogens (tertiary/aromatic N) is 2. The number of ether oxygens (including phenoxy) is 1. The third-order valence-corrected chi connectivity index (χ3v) is 3.62. The van der Waals surface area contributed by atoms with E-state index in [-0.39, 0.29) is 19.2 Å². The quantitative estimate of drug-likeness (QED) is 0.751. The molecule has 0 radical (unpaired) electrons. The Kier molecular flexibility index (Phi) is 5.41. The van der Waals surface area contributed by atoms with Gasteiger partial charge in [-0.15, -0.1) is 0 Å². The molecule has 120 valence electrons. The first-order valence-electron chi connectivity index (χ1n) is 7.35. The average Bonchev–Trinajstić information content (AvgIpc) is 2.84. The first-order valence-corrected chi connectivity index (χ1v) is 7.35. The van der Waals surface area contributed by atoms with Crippen LogP contribution in [0.3, 0.4) is 0 Å². The van der Waals surface area contributed by atoms with Gasteiger partial charge in [0.1, 0.15) is 5.69 Å². The standard InChI is InChI=1S/C16H22N2O4/c1-3-22-16(21)15-11-12-10-13(4-5-14(12)17(15)2)18(6-8-19)7-9-20/h4-5,10-11,19-20H,3,6-9H2,1-2H3. The predicted molar refractivity (Wildman–Crippen MR) is 85.3 cm³/mol. The number of hydrogen-bond donors (Lipinski definition) is 2. The van der Waals surface area contributed by atoms with Gasteiger partial charge in [0.2, 0.25) is 0 Å². The van der Waals surface area contributed by atoms with Gasteiger partial charge in [0.15, 0.2) is 0 Å². The molecular weight excluding hydrogens is 284 g/mol. The van der Waals surface area contributed by atoms with E-state index in [1.54, 1.807) is 17.6 Å². The van der Waals surface area contributed by atoms with Gasteiger partial charge in [-0.1, -0.05) is 0 Å². The van der Waals surface area contributed by atoms with Crippen molar-refractivity contribution in [3.63, 3.8) is 0 Å². The van der Waals surface area contributed by atoms with Crippen molar-refractivity contribution in [3.8, 4) is 0 Å². The van der Waals surface area contributed by atoms with Crippen molar-refractivity contribution in [2.75, 3.05) is 37.8 Å². The van der Waals surface area contributed by atoms with E-state index in [2.05, 4.69) is 0 Å². The molecule has 2 N–H and O–H groups in total. The molecule has 0 saturated heterocycles. The molecule has 0 atom stereocenters. The van der Waals surface area contributed by atoms with Gasteiger partial charge in [-0.2, -0.15) is 0 Å². The number of carbonyl (C=O) groups excluding carboxylic acids is 1. The summed E-state index contributed by atoms with van der Waals surface area (Å²) in [7, 11) is 1.83. The largest absolute Gasteiger partial charge is 0.461 e. The molecule has 0 spiro atoms. The van der Waals surface area contributed by atoms with Gasteiger partial charge in [0.05, 0.1) is 19.8 Å². The van der Waals surface area contributed by atoms with Gasteiger partial charge in [0, 0.05) is 36.7 Å². The van der Waals surface area contributed by atoms with Crippen molar-refractivity contribution in [1.82, 2.24) is 4.57 Å². The Balaban J connectivity index is 2.39. The second-order valence-electron chi connectivity index (χ2n) is 4.99. The molecule has 0 bridgehead atoms. The molecule has 0 aliphatic carbocycles. The number of hydrogen-bond acceptors (Lipinski definition) is 5. The highest BCUT2D eigenvalue weighted by Gasteiger charge is 2.15. The summed E-state index contributed by atoms with van der Waals surface area (Å²) in [6.45, 7) is 3.04. The molecule has 0 saturated carbocycles. The zero-order valence-electron chi connectivity index (χ0n) is 13.0. The van der Waals surface area contributed by atoms with E-state index in [4.69, 9.17) is 14.9 Å². The molecule has 2 aromatic rings. The number of fused-ring (bicyclic) bond motifs is 1. The number of aliphatic hydroxyl groups is 2. The van der Waals surface area contributed by atoms with Crippen LogP contribution in [-0.4, -0.2) is 53.7 Å². The van der Waals surface area contributed by atoms with Gasteiger partial charge in [-0.25, -0.2) is 4.79 Å². The van der Waals surface area contributed by atoms with Gasteiger partial charge in [-0.05, 0) is 31.2 Å². The lowest BCUT2D eigenvalue weighted by atomic mass is 10.2. The number of rotatable bonds is 7. The fourth-order valence-electron chi connectivity index (χ4n) is 2.55. The van der Waals surface area contributed by atoms with Crippen molar-refractivity contribution < 1.29 is 19.7 Å². The number of aryl methyl sites for hydroxylation is 1. The highest BCUT2D eigenvalue weighted by molar-refractivity contribution is 5.96. The third-order valence-electron chi connectivity index (χ3n) is 3.62. The summed E-state index contributed by atoms with van der Waals surface area (Å²) < 4.78 is 6.86. The van der Waals surface area contributed by atoms with Gasteiger partial charge < -0.3 is 24.4 Å². The normalized spacial score (nSPS) is 10.9. The van der Waals surface area contributed by atoms with Crippen LogP contribution in [0.5, 0.6) is 0 Å². The minimum atomic E-state index is -0.342. The van der Waals surface area contributed by atoms with E-state index in [0.717, 1.165) is 16.6 Å². The van der Waals surface area contributed by atoms with Crippen LogP contribution in [-0.2, 0) is 11.8 Å². The van der Waals surface area contributed by atoms with E-state index in [0.29, 0.717) is 25.4 Å². The minimum absolute atomic E-state index is 0.0148. The summed E-state index contributed by atoms with van der Waals surface area (Å²) >= 11 is 0. The van der Waals surface area contributed by atoms with E-state index in [1.165, 1.54) is 0 Å². The number of carbonyl (C=O) groups is 1. The second-order valence-corrected chi connectivity index (χ2v) is 4.99. The molecule has 0 unspecified atom stereocenters. The maximum Gasteiger partial charge on any atom is 0.354 e. The Hall–Kier alpha value is -2.05. The van der Waals surface area contributed by atoms with Crippen LogP contribution >= 0.6 is 0 Å². The summed E-state index contributed by atoms with van der Waals surface area (Å²) in [5.74, 6) is -0.342. The smallest absolute Gasteiger partial charge is 0.354 e. The predicted octanol–water partition coefficient (Wildman–Crippen LogP) is 1.15. The molecule has 0 aliphatic rings. The zero-order chi connectivity index (χ0) is 16.1. The van der Waals surface area contributed by atoms with Crippen LogP contribution in [0.2, 0.25) is 0 Å². The molecule has 1 heterocycles. The summed E-state index contributed by atoms with van der Waals surface area (Å²) in [5, 5.41) is 19.2. The number of benzene rings is 1. The maximum atomic E-state index is 11.9. The monoisotopic (exact) mass is 306 g/mol. The van der Waals surface area contributed by atoms with E-state index in [1.807, 2.05) is 30.1 Å². The molecule has 1 aromatic carbocycles. The number of aliphatic hydroxyl groups excluding tert-OH is 2. The Bertz CT molecular complexity index is 645. The third kappa shape index (κ3) is 3.23. The lowest BCUT2D eigenvalue weighted by Gasteiger charge is -2.23. The summed E-state index contributed by atoms with van der Waals surface area (Å²) in [6, 6.07) is 7.59. The van der Waals surface area contributed by atoms with Crippen LogP contribution in [0.25, 0.3) is 10.9 Å². The van der Waals surface area contributed by atoms with Gasteiger partial charge >= 0.3 is 5.97 Å². The molecule has 1 aromatic heterocycles. The van der Waals surface area contributed by atoms with E-state index in [9.17, 15) is 4.79 Å². The van der Waals surface area contributed by atoms with Crippen LogP contribution in [0, 0.1) is 0 Å². The fraction of sp³-hybridized carbons (Fsp3) is 0.438. The Morgan fingerprint density at radius 1 is 1.23 bits per heavy atom. The second kappa shape index (κ2) is 7.29. The summed E-state index contributed by atoms with van der Waals surface area (Å²) in [6.07, 6.45) is 0. The maximum absolute atomic E-state index is 11.9. The van der Waals surface area contributed by atoms with Crippen molar-refractivity contribution in [2.45, 2.75) is 6.92 Å². The summed E-state index contributed by atoms with van der Waals surface area (Å²) in [4.78, 5) is 13.8. The number of anilines is 1. The Labute approximate surface area is 129 Å². The molecule has 0 amide bonds. The lowest BCUT2D eigenvalue weighted by molar-refractivity contribution is 0.0516. The van der Waals surface area contributed by atoms with Crippen molar-refractivity contribution >= 4 is 22.6 Å². The van der Waals surface area contributed by atoms with Crippen LogP contribution in [0.15, 0.2) is 24.3 Å². The van der Waals surface area contributed by atoms with Crippen molar-refractivity contribution in [2.24, 2.45) is 7.05 Å². The Morgan fingerprint density at radius 2 is 1.91 bits per heavy atom. The molecular formula is C16H22N2O4. The van der Waals surface area contributed by atoms with E-state index >= 15 is 0 Å². The highest BCUT2D eigenvalue weighted by atomic mass is 16.5. The SMILES string of the molecule is CCOC(=O)c1cc2cc(N(CCO)CCO)ccc2n1C. The fourth-order valence-corrected chi connectivity index (χ4v) is 2.55. The molecule has 0 aliphatic heterocycles. The van der Waals surface area contributed by atoms with Crippen LogP contribution < -0.4 is 4.90 Å². The number of aromatic nitrogens is 1. The molecule has 2 rings (SSSR count). The van der Waals surface area contributed by atoms with Crippen LogP contribution in [0.4, 0.5) is 5.69 Å².